The van der Waals surface area contributed by atoms with Crippen molar-refractivity contribution in [1.29, 1.82) is 0 Å². The summed E-state index contributed by atoms with van der Waals surface area (Å²) in [5.74, 6) is -0.278. The third kappa shape index (κ3) is 6.10. The van der Waals surface area contributed by atoms with E-state index in [0.29, 0.717) is 0 Å². The lowest BCUT2D eigenvalue weighted by Gasteiger charge is -2.22. The summed E-state index contributed by atoms with van der Waals surface area (Å²) in [5.41, 5.74) is 1.31. The highest BCUT2D eigenvalue weighted by Gasteiger charge is 2.19. The van der Waals surface area contributed by atoms with Crippen LogP contribution in [-0.4, -0.2) is 55.0 Å². The SMILES string of the molecule is COC(=O)CCC(=O)N1CCCN(Cc2cccc(I)c2)CC1. The number of rotatable bonds is 5. The second-order valence-electron chi connectivity index (χ2n) is 5.72. The predicted molar refractivity (Wildman–Crippen MR) is 96.9 cm³/mol. The van der Waals surface area contributed by atoms with E-state index in [0.717, 1.165) is 39.1 Å². The number of ether oxygens (including phenoxy) is 1. The molecule has 1 heterocycles. The van der Waals surface area contributed by atoms with Crippen LogP contribution in [0.1, 0.15) is 24.8 Å². The molecule has 0 unspecified atom stereocenters. The molecule has 0 atom stereocenters. The fourth-order valence-corrected chi connectivity index (χ4v) is 3.35. The molecular formula is C17H23IN2O3. The van der Waals surface area contributed by atoms with Gasteiger partial charge in [0.15, 0.2) is 0 Å². The van der Waals surface area contributed by atoms with Crippen molar-refractivity contribution in [2.24, 2.45) is 0 Å². The summed E-state index contributed by atoms with van der Waals surface area (Å²) in [4.78, 5) is 27.6. The monoisotopic (exact) mass is 430 g/mol. The van der Waals surface area contributed by atoms with Crippen LogP contribution in [-0.2, 0) is 20.9 Å². The first-order valence-corrected chi connectivity index (χ1v) is 8.98. The molecular weight excluding hydrogens is 407 g/mol. The van der Waals surface area contributed by atoms with Crippen LogP contribution in [0.5, 0.6) is 0 Å². The van der Waals surface area contributed by atoms with Crippen molar-refractivity contribution in [3.63, 3.8) is 0 Å². The Bertz CT molecular complexity index is 550. The molecule has 5 nitrogen and oxygen atoms in total. The Kier molecular flexibility index (Phi) is 7.29. The molecule has 1 amide bonds. The Labute approximate surface area is 151 Å². The maximum absolute atomic E-state index is 12.2. The molecule has 23 heavy (non-hydrogen) atoms. The van der Waals surface area contributed by atoms with Gasteiger partial charge in [0.2, 0.25) is 5.91 Å². The molecule has 1 aromatic carbocycles. The van der Waals surface area contributed by atoms with E-state index in [1.54, 1.807) is 0 Å². The molecule has 1 aromatic rings. The van der Waals surface area contributed by atoms with Gasteiger partial charge in [-0.3, -0.25) is 14.5 Å². The van der Waals surface area contributed by atoms with Gasteiger partial charge in [0.1, 0.15) is 0 Å². The third-order valence-electron chi connectivity index (χ3n) is 4.01. The highest BCUT2D eigenvalue weighted by Crippen LogP contribution is 2.13. The minimum absolute atomic E-state index is 0.0477. The molecule has 0 saturated carbocycles. The fraction of sp³-hybridized carbons (Fsp3) is 0.529. The van der Waals surface area contributed by atoms with E-state index >= 15 is 0 Å². The van der Waals surface area contributed by atoms with Crippen molar-refractivity contribution in [2.45, 2.75) is 25.8 Å². The number of methoxy groups -OCH3 is 1. The summed E-state index contributed by atoms with van der Waals surface area (Å²) < 4.78 is 5.83. The molecule has 126 valence electrons. The summed E-state index contributed by atoms with van der Waals surface area (Å²) in [5, 5.41) is 0. The predicted octanol–water partition coefficient (Wildman–Crippen LogP) is 2.28. The minimum atomic E-state index is -0.325. The Morgan fingerprint density at radius 3 is 2.74 bits per heavy atom. The first kappa shape index (κ1) is 18.2. The Morgan fingerprint density at radius 2 is 2.00 bits per heavy atom. The average Bonchev–Trinajstić information content (AvgIpc) is 2.78. The summed E-state index contributed by atoms with van der Waals surface area (Å²) in [6, 6.07) is 8.52. The Morgan fingerprint density at radius 1 is 1.17 bits per heavy atom. The lowest BCUT2D eigenvalue weighted by molar-refractivity contribution is -0.143. The Balaban J connectivity index is 1.82. The van der Waals surface area contributed by atoms with Crippen LogP contribution in [0.4, 0.5) is 0 Å². The van der Waals surface area contributed by atoms with Crippen LogP contribution in [0.2, 0.25) is 0 Å². The first-order valence-electron chi connectivity index (χ1n) is 7.90. The van der Waals surface area contributed by atoms with Gasteiger partial charge in [-0.05, 0) is 46.7 Å². The van der Waals surface area contributed by atoms with Crippen LogP contribution in [0, 0.1) is 3.57 Å². The number of benzene rings is 1. The van der Waals surface area contributed by atoms with Crippen LogP contribution < -0.4 is 0 Å². The lowest BCUT2D eigenvalue weighted by atomic mass is 10.2. The van der Waals surface area contributed by atoms with E-state index in [1.165, 1.54) is 16.2 Å². The standard InChI is InChI=1S/C17H23IN2O3/c1-23-17(22)7-6-16(21)20-9-3-8-19(10-11-20)13-14-4-2-5-15(18)12-14/h2,4-5,12H,3,6-11,13H2,1H3. The van der Waals surface area contributed by atoms with Crippen LogP contribution in [0.3, 0.4) is 0 Å². The number of halogens is 1. The second kappa shape index (κ2) is 9.22. The maximum atomic E-state index is 12.2. The number of carbonyl (C=O) groups is 2. The number of hydrogen-bond acceptors (Lipinski definition) is 4. The maximum Gasteiger partial charge on any atom is 0.306 e. The number of amides is 1. The van der Waals surface area contributed by atoms with Crippen molar-refractivity contribution >= 4 is 34.5 Å². The van der Waals surface area contributed by atoms with Crippen molar-refractivity contribution in [3.8, 4) is 0 Å². The minimum Gasteiger partial charge on any atom is -0.469 e. The molecule has 0 N–H and O–H groups in total. The summed E-state index contributed by atoms with van der Waals surface area (Å²) >= 11 is 2.33. The molecule has 2 rings (SSSR count). The molecule has 1 aliphatic rings. The van der Waals surface area contributed by atoms with E-state index in [9.17, 15) is 9.59 Å². The lowest BCUT2D eigenvalue weighted by Crippen LogP contribution is -2.35. The summed E-state index contributed by atoms with van der Waals surface area (Å²) in [7, 11) is 1.35. The van der Waals surface area contributed by atoms with E-state index in [2.05, 4.69) is 56.5 Å². The first-order chi connectivity index (χ1) is 11.1. The van der Waals surface area contributed by atoms with Gasteiger partial charge < -0.3 is 9.64 Å². The smallest absolute Gasteiger partial charge is 0.306 e. The summed E-state index contributed by atoms with van der Waals surface area (Å²) in [6.45, 7) is 4.27. The van der Waals surface area contributed by atoms with E-state index in [4.69, 9.17) is 0 Å². The highest BCUT2D eigenvalue weighted by atomic mass is 127. The molecule has 1 saturated heterocycles. The van der Waals surface area contributed by atoms with Gasteiger partial charge in [0, 0.05) is 42.7 Å². The van der Waals surface area contributed by atoms with Gasteiger partial charge in [-0.25, -0.2) is 0 Å². The van der Waals surface area contributed by atoms with E-state index < -0.39 is 0 Å². The molecule has 0 aromatic heterocycles. The van der Waals surface area contributed by atoms with Crippen molar-refractivity contribution < 1.29 is 14.3 Å². The van der Waals surface area contributed by atoms with Gasteiger partial charge in [0.05, 0.1) is 13.5 Å². The van der Waals surface area contributed by atoms with Crippen molar-refractivity contribution in [1.82, 2.24) is 9.80 Å². The van der Waals surface area contributed by atoms with Crippen molar-refractivity contribution in [3.05, 3.63) is 33.4 Å². The number of nitrogens with zero attached hydrogens (tertiary/aromatic N) is 2. The average molecular weight is 430 g/mol. The molecule has 1 aliphatic heterocycles. The van der Waals surface area contributed by atoms with Gasteiger partial charge >= 0.3 is 5.97 Å². The zero-order chi connectivity index (χ0) is 16.7. The number of hydrogen-bond donors (Lipinski definition) is 0. The number of carbonyl (C=O) groups excluding carboxylic acids is 2. The van der Waals surface area contributed by atoms with Crippen LogP contribution >= 0.6 is 22.6 Å². The van der Waals surface area contributed by atoms with E-state index in [-0.39, 0.29) is 24.7 Å². The third-order valence-corrected chi connectivity index (χ3v) is 4.68. The second-order valence-corrected chi connectivity index (χ2v) is 6.96. The van der Waals surface area contributed by atoms with Crippen molar-refractivity contribution in [2.75, 3.05) is 33.3 Å². The normalized spacial score (nSPS) is 16.0. The summed E-state index contributed by atoms with van der Waals surface area (Å²) in [6.07, 6.45) is 1.37. The zero-order valence-corrected chi connectivity index (χ0v) is 15.6. The molecule has 0 bridgehead atoms. The fourth-order valence-electron chi connectivity index (χ4n) is 2.74. The largest absolute Gasteiger partial charge is 0.469 e. The topological polar surface area (TPSA) is 49.9 Å². The van der Waals surface area contributed by atoms with Crippen LogP contribution in [0.25, 0.3) is 0 Å². The van der Waals surface area contributed by atoms with E-state index in [1.807, 2.05) is 4.90 Å². The van der Waals surface area contributed by atoms with Gasteiger partial charge in [-0.15, -0.1) is 0 Å². The molecule has 1 fully saturated rings. The molecule has 6 heteroatoms. The molecule has 0 spiro atoms. The number of esters is 1. The van der Waals surface area contributed by atoms with Gasteiger partial charge in [-0.1, -0.05) is 12.1 Å². The quantitative estimate of drug-likeness (QED) is 0.532. The Hall–Kier alpha value is -1.15. The molecule has 0 aliphatic carbocycles. The molecule has 0 radical (unpaired) electrons. The van der Waals surface area contributed by atoms with Crippen LogP contribution in [0.15, 0.2) is 24.3 Å². The van der Waals surface area contributed by atoms with Gasteiger partial charge in [0.25, 0.3) is 0 Å². The van der Waals surface area contributed by atoms with Gasteiger partial charge in [-0.2, -0.15) is 0 Å². The highest BCUT2D eigenvalue weighted by molar-refractivity contribution is 14.1. The zero-order valence-electron chi connectivity index (χ0n) is 13.5.